The van der Waals surface area contributed by atoms with Gasteiger partial charge in [0.15, 0.2) is 5.96 Å². The lowest BCUT2D eigenvalue weighted by Crippen LogP contribution is -2.52. The number of aliphatic imine (C=N–C) groups is 1. The SMILES string of the molecule is CN=C(NCc1coc(-c2ccccc2)n1)N1CCN(Cc2ccon2)CC1.I. The maximum atomic E-state index is 5.60. The molecule has 9 heteroatoms. The van der Waals surface area contributed by atoms with Crippen molar-refractivity contribution >= 4 is 29.9 Å². The third-order valence-electron chi connectivity index (χ3n) is 4.76. The second-order valence-electron chi connectivity index (χ2n) is 6.66. The van der Waals surface area contributed by atoms with Gasteiger partial charge in [-0.25, -0.2) is 4.98 Å². The summed E-state index contributed by atoms with van der Waals surface area (Å²) in [5, 5.41) is 7.37. The minimum absolute atomic E-state index is 0. The minimum atomic E-state index is 0. The van der Waals surface area contributed by atoms with Gasteiger partial charge in [0.2, 0.25) is 5.89 Å². The van der Waals surface area contributed by atoms with E-state index in [0.717, 1.165) is 55.6 Å². The molecule has 4 rings (SSSR count). The van der Waals surface area contributed by atoms with Crippen molar-refractivity contribution in [1.29, 1.82) is 0 Å². The van der Waals surface area contributed by atoms with Gasteiger partial charge in [0.25, 0.3) is 0 Å². The van der Waals surface area contributed by atoms with Crippen LogP contribution in [0.2, 0.25) is 0 Å². The predicted octanol–water partition coefficient (Wildman–Crippen LogP) is 2.84. The van der Waals surface area contributed by atoms with Gasteiger partial charge in [-0.05, 0) is 12.1 Å². The smallest absolute Gasteiger partial charge is 0.226 e. The molecule has 1 aliphatic rings. The van der Waals surface area contributed by atoms with Gasteiger partial charge in [-0.2, -0.15) is 0 Å². The maximum Gasteiger partial charge on any atom is 0.226 e. The number of piperazine rings is 1. The van der Waals surface area contributed by atoms with Crippen molar-refractivity contribution in [1.82, 2.24) is 25.3 Å². The van der Waals surface area contributed by atoms with Gasteiger partial charge in [-0.15, -0.1) is 24.0 Å². The number of hydrogen-bond acceptors (Lipinski definition) is 6. The molecule has 0 bridgehead atoms. The van der Waals surface area contributed by atoms with Gasteiger partial charge < -0.3 is 19.2 Å². The first-order valence-corrected chi connectivity index (χ1v) is 9.39. The maximum absolute atomic E-state index is 5.60. The lowest BCUT2D eigenvalue weighted by Gasteiger charge is -2.36. The summed E-state index contributed by atoms with van der Waals surface area (Å²) in [6.45, 7) is 5.11. The lowest BCUT2D eigenvalue weighted by molar-refractivity contribution is 0.169. The normalized spacial score (nSPS) is 15.2. The van der Waals surface area contributed by atoms with Crippen LogP contribution >= 0.6 is 24.0 Å². The number of aromatic nitrogens is 2. The Morgan fingerprint density at radius 2 is 1.90 bits per heavy atom. The Morgan fingerprint density at radius 3 is 2.59 bits per heavy atom. The molecule has 8 nitrogen and oxygen atoms in total. The summed E-state index contributed by atoms with van der Waals surface area (Å²) in [6.07, 6.45) is 3.31. The monoisotopic (exact) mass is 508 g/mol. The van der Waals surface area contributed by atoms with Crippen LogP contribution in [0.15, 0.2) is 62.9 Å². The summed E-state index contributed by atoms with van der Waals surface area (Å²) in [5.74, 6) is 1.51. The first-order chi connectivity index (χ1) is 13.8. The molecule has 1 saturated heterocycles. The van der Waals surface area contributed by atoms with E-state index in [-0.39, 0.29) is 24.0 Å². The highest BCUT2D eigenvalue weighted by atomic mass is 127. The van der Waals surface area contributed by atoms with E-state index in [9.17, 15) is 0 Å². The third-order valence-corrected chi connectivity index (χ3v) is 4.76. The van der Waals surface area contributed by atoms with E-state index < -0.39 is 0 Å². The van der Waals surface area contributed by atoms with Crippen molar-refractivity contribution in [3.63, 3.8) is 0 Å². The fourth-order valence-electron chi connectivity index (χ4n) is 3.27. The number of hydrogen-bond donors (Lipinski definition) is 1. The van der Waals surface area contributed by atoms with Crippen molar-refractivity contribution < 1.29 is 8.94 Å². The lowest BCUT2D eigenvalue weighted by atomic mass is 10.2. The van der Waals surface area contributed by atoms with E-state index >= 15 is 0 Å². The van der Waals surface area contributed by atoms with E-state index in [2.05, 4.69) is 30.2 Å². The first-order valence-electron chi connectivity index (χ1n) is 9.39. The number of benzene rings is 1. The molecular formula is C20H25IN6O2. The summed E-state index contributed by atoms with van der Waals surface area (Å²) in [5.41, 5.74) is 2.79. The molecule has 0 aliphatic carbocycles. The van der Waals surface area contributed by atoms with E-state index in [1.54, 1.807) is 12.5 Å². The zero-order valence-electron chi connectivity index (χ0n) is 16.3. The van der Waals surface area contributed by atoms with E-state index in [1.165, 1.54) is 0 Å². The Bertz CT molecular complexity index is 889. The second kappa shape index (κ2) is 10.4. The molecule has 1 aliphatic heterocycles. The van der Waals surface area contributed by atoms with Crippen LogP contribution < -0.4 is 5.32 Å². The number of guanidine groups is 1. The van der Waals surface area contributed by atoms with Gasteiger partial charge in [-0.1, -0.05) is 23.4 Å². The van der Waals surface area contributed by atoms with Crippen molar-refractivity contribution in [3.8, 4) is 11.5 Å². The summed E-state index contributed by atoms with van der Waals surface area (Å²) in [7, 11) is 1.81. The molecule has 0 unspecified atom stereocenters. The zero-order chi connectivity index (χ0) is 19.2. The highest BCUT2D eigenvalue weighted by Crippen LogP contribution is 2.17. The van der Waals surface area contributed by atoms with Crippen molar-refractivity contribution in [2.75, 3.05) is 33.2 Å². The summed E-state index contributed by atoms with van der Waals surface area (Å²) < 4.78 is 10.5. The number of nitrogens with one attached hydrogen (secondary N) is 1. The van der Waals surface area contributed by atoms with E-state index in [0.29, 0.717) is 12.4 Å². The van der Waals surface area contributed by atoms with Crippen molar-refractivity contribution in [2.45, 2.75) is 13.1 Å². The highest BCUT2D eigenvalue weighted by Gasteiger charge is 2.20. The Morgan fingerprint density at radius 1 is 1.10 bits per heavy atom. The van der Waals surface area contributed by atoms with Crippen LogP contribution in [0.1, 0.15) is 11.4 Å². The molecular weight excluding hydrogens is 483 g/mol. The Labute approximate surface area is 187 Å². The fraction of sp³-hybridized carbons (Fsp3) is 0.350. The van der Waals surface area contributed by atoms with Crippen LogP contribution in [0.5, 0.6) is 0 Å². The largest absolute Gasteiger partial charge is 0.444 e. The molecule has 1 fully saturated rings. The van der Waals surface area contributed by atoms with E-state index in [4.69, 9.17) is 8.94 Å². The van der Waals surface area contributed by atoms with Gasteiger partial charge in [0.05, 0.1) is 17.9 Å². The van der Waals surface area contributed by atoms with Crippen LogP contribution in [-0.4, -0.2) is 59.1 Å². The molecule has 0 saturated carbocycles. The van der Waals surface area contributed by atoms with Gasteiger partial charge >= 0.3 is 0 Å². The van der Waals surface area contributed by atoms with Crippen LogP contribution in [0, 0.1) is 0 Å². The highest BCUT2D eigenvalue weighted by molar-refractivity contribution is 14.0. The molecule has 0 atom stereocenters. The third kappa shape index (κ3) is 5.57. The topological polar surface area (TPSA) is 82.9 Å². The molecule has 1 N–H and O–H groups in total. The summed E-state index contributed by atoms with van der Waals surface area (Å²) >= 11 is 0. The second-order valence-corrected chi connectivity index (χ2v) is 6.66. The number of halogens is 1. The number of nitrogens with zero attached hydrogens (tertiary/aromatic N) is 5. The van der Waals surface area contributed by atoms with Crippen molar-refractivity contribution in [2.24, 2.45) is 4.99 Å². The Balaban J connectivity index is 0.00000240. The van der Waals surface area contributed by atoms with Crippen molar-refractivity contribution in [3.05, 3.63) is 60.3 Å². The minimum Gasteiger partial charge on any atom is -0.444 e. The van der Waals surface area contributed by atoms with Crippen LogP contribution in [-0.2, 0) is 13.1 Å². The van der Waals surface area contributed by atoms with Gasteiger partial charge in [-0.3, -0.25) is 9.89 Å². The average molecular weight is 508 g/mol. The molecule has 0 amide bonds. The van der Waals surface area contributed by atoms with Crippen LogP contribution in [0.3, 0.4) is 0 Å². The Hall–Kier alpha value is -2.40. The van der Waals surface area contributed by atoms with Gasteiger partial charge in [0.1, 0.15) is 12.5 Å². The zero-order valence-corrected chi connectivity index (χ0v) is 18.7. The Kier molecular flexibility index (Phi) is 7.64. The molecule has 0 spiro atoms. The molecule has 29 heavy (non-hydrogen) atoms. The summed E-state index contributed by atoms with van der Waals surface area (Å²) in [4.78, 5) is 13.6. The van der Waals surface area contributed by atoms with Gasteiger partial charge in [0, 0.05) is 51.4 Å². The molecule has 2 aromatic heterocycles. The van der Waals surface area contributed by atoms with E-state index in [1.807, 2.05) is 43.4 Å². The molecule has 3 heterocycles. The average Bonchev–Trinajstić information content (AvgIpc) is 3.42. The first kappa shape index (κ1) is 21.3. The molecule has 3 aromatic rings. The standard InChI is InChI=1S/C20H24N6O2.HI/c1-21-20(26-10-8-25(9-11-26)14-17-7-12-28-24-17)22-13-18-15-27-19(23-18)16-5-3-2-4-6-16;/h2-7,12,15H,8-11,13-14H2,1H3,(H,21,22);1H. The predicted molar refractivity (Wildman–Crippen MR) is 121 cm³/mol. The van der Waals surface area contributed by atoms with Crippen LogP contribution in [0.25, 0.3) is 11.5 Å². The fourth-order valence-corrected chi connectivity index (χ4v) is 3.27. The summed E-state index contributed by atoms with van der Waals surface area (Å²) in [6, 6.07) is 11.8. The molecule has 154 valence electrons. The quantitative estimate of drug-likeness (QED) is 0.323. The molecule has 0 radical (unpaired) electrons. The number of rotatable bonds is 5. The molecule has 1 aromatic carbocycles. The van der Waals surface area contributed by atoms with Crippen LogP contribution in [0.4, 0.5) is 0 Å². The number of oxazole rings is 1.